The zero-order valence-electron chi connectivity index (χ0n) is 10.7. The Morgan fingerprint density at radius 1 is 1.62 bits per heavy atom. The summed E-state index contributed by atoms with van der Waals surface area (Å²) >= 11 is 3.51. The van der Waals surface area contributed by atoms with Crippen molar-refractivity contribution < 1.29 is 0 Å². The molecule has 1 aromatic heterocycles. The molecule has 2 atom stereocenters. The highest BCUT2D eigenvalue weighted by Crippen LogP contribution is 2.33. The maximum Gasteiger partial charge on any atom is 0.0709 e. The van der Waals surface area contributed by atoms with E-state index < -0.39 is 0 Å². The van der Waals surface area contributed by atoms with Crippen LogP contribution in [-0.2, 0) is 7.05 Å². The van der Waals surface area contributed by atoms with Gasteiger partial charge in [-0.2, -0.15) is 5.10 Å². The molecule has 16 heavy (non-hydrogen) atoms. The average molecular weight is 289 g/mol. The predicted octanol–water partition coefficient (Wildman–Crippen LogP) is 1.91. The summed E-state index contributed by atoms with van der Waals surface area (Å²) in [4.78, 5) is 2.18. The number of likely N-dealkylation sites (N-methyl/N-ethyl adjacent to an activating group) is 1. The van der Waals surface area contributed by atoms with Crippen molar-refractivity contribution in [2.45, 2.75) is 31.8 Å². The molecule has 2 N–H and O–H groups in total. The lowest BCUT2D eigenvalue weighted by Gasteiger charge is -2.40. The molecule has 0 bridgehead atoms. The van der Waals surface area contributed by atoms with Crippen molar-refractivity contribution in [3.8, 4) is 0 Å². The van der Waals surface area contributed by atoms with Crippen LogP contribution in [0.15, 0.2) is 10.7 Å². The molecule has 1 aromatic rings. The molecule has 0 aromatic carbocycles. The first kappa shape index (κ1) is 13.7. The first-order chi connectivity index (χ1) is 7.34. The molecule has 0 saturated heterocycles. The average Bonchev–Trinajstić information content (AvgIpc) is 2.56. The Hall–Kier alpha value is -0.390. The van der Waals surface area contributed by atoms with Crippen LogP contribution < -0.4 is 5.73 Å². The van der Waals surface area contributed by atoms with Gasteiger partial charge in [-0.1, -0.05) is 6.92 Å². The Labute approximate surface area is 106 Å². The van der Waals surface area contributed by atoms with Gasteiger partial charge in [-0.05, 0) is 43.4 Å². The van der Waals surface area contributed by atoms with Gasteiger partial charge < -0.3 is 10.6 Å². The normalized spacial score (nSPS) is 17.5. The maximum absolute atomic E-state index is 6.40. The van der Waals surface area contributed by atoms with E-state index in [0.717, 1.165) is 16.6 Å². The van der Waals surface area contributed by atoms with Crippen molar-refractivity contribution in [3.05, 3.63) is 16.4 Å². The molecule has 0 amide bonds. The van der Waals surface area contributed by atoms with Crippen molar-refractivity contribution in [3.63, 3.8) is 0 Å². The van der Waals surface area contributed by atoms with Gasteiger partial charge in [0.1, 0.15) is 0 Å². The molecule has 0 aliphatic carbocycles. The Morgan fingerprint density at radius 2 is 2.19 bits per heavy atom. The van der Waals surface area contributed by atoms with Crippen LogP contribution in [0.4, 0.5) is 0 Å². The largest absolute Gasteiger partial charge is 0.321 e. The summed E-state index contributed by atoms with van der Waals surface area (Å²) in [6.07, 6.45) is 2.78. The second-order valence-corrected chi connectivity index (χ2v) is 5.44. The fourth-order valence-electron chi connectivity index (χ4n) is 1.88. The van der Waals surface area contributed by atoms with E-state index in [1.165, 1.54) is 0 Å². The lowest BCUT2D eigenvalue weighted by molar-refractivity contribution is 0.128. The second kappa shape index (κ2) is 4.85. The lowest BCUT2D eigenvalue weighted by Crippen LogP contribution is -2.50. The number of hydrogen-bond acceptors (Lipinski definition) is 3. The van der Waals surface area contributed by atoms with Gasteiger partial charge in [-0.25, -0.2) is 0 Å². The smallest absolute Gasteiger partial charge is 0.0709 e. The molecule has 1 rings (SSSR count). The monoisotopic (exact) mass is 288 g/mol. The number of rotatable bonds is 4. The fraction of sp³-hybridized carbons (Fsp3) is 0.727. The SMILES string of the molecule is CCC(C)(C(N)c1c(Br)cnn1C)N(C)C. The highest BCUT2D eigenvalue weighted by molar-refractivity contribution is 9.10. The molecule has 2 unspecified atom stereocenters. The van der Waals surface area contributed by atoms with E-state index >= 15 is 0 Å². The van der Waals surface area contributed by atoms with Gasteiger partial charge in [-0.15, -0.1) is 0 Å². The predicted molar refractivity (Wildman–Crippen MR) is 70.2 cm³/mol. The van der Waals surface area contributed by atoms with Crippen molar-refractivity contribution in [1.82, 2.24) is 14.7 Å². The summed E-state index contributed by atoms with van der Waals surface area (Å²) in [7, 11) is 6.05. The molecule has 0 fully saturated rings. The number of nitrogens with zero attached hydrogens (tertiary/aromatic N) is 3. The quantitative estimate of drug-likeness (QED) is 0.921. The summed E-state index contributed by atoms with van der Waals surface area (Å²) in [5.41, 5.74) is 7.37. The van der Waals surface area contributed by atoms with Gasteiger partial charge in [0.2, 0.25) is 0 Å². The number of aryl methyl sites for hydroxylation is 1. The molecule has 0 saturated carbocycles. The Bertz CT molecular complexity index is 341. The highest BCUT2D eigenvalue weighted by Gasteiger charge is 2.35. The summed E-state index contributed by atoms with van der Waals surface area (Å²) in [5.74, 6) is 0. The van der Waals surface area contributed by atoms with Crippen LogP contribution >= 0.6 is 15.9 Å². The first-order valence-corrected chi connectivity index (χ1v) is 6.24. The van der Waals surface area contributed by atoms with E-state index in [1.807, 2.05) is 11.7 Å². The van der Waals surface area contributed by atoms with Crippen molar-refractivity contribution in [2.75, 3.05) is 14.1 Å². The van der Waals surface area contributed by atoms with Gasteiger partial charge in [0.15, 0.2) is 0 Å². The maximum atomic E-state index is 6.40. The van der Waals surface area contributed by atoms with Gasteiger partial charge in [-0.3, -0.25) is 4.68 Å². The van der Waals surface area contributed by atoms with Crippen LogP contribution in [0.25, 0.3) is 0 Å². The molecule has 1 heterocycles. The van der Waals surface area contributed by atoms with E-state index in [-0.39, 0.29) is 11.6 Å². The summed E-state index contributed by atoms with van der Waals surface area (Å²) in [6.45, 7) is 4.33. The molecular weight excluding hydrogens is 268 g/mol. The minimum atomic E-state index is -0.0747. The van der Waals surface area contributed by atoms with Crippen LogP contribution in [0.5, 0.6) is 0 Å². The van der Waals surface area contributed by atoms with E-state index in [0.29, 0.717) is 0 Å². The molecular formula is C11H21BrN4. The Kier molecular flexibility index (Phi) is 4.15. The molecule has 0 aliphatic heterocycles. The Balaban J connectivity index is 3.14. The fourth-order valence-corrected chi connectivity index (χ4v) is 2.47. The van der Waals surface area contributed by atoms with Crippen molar-refractivity contribution in [1.29, 1.82) is 0 Å². The summed E-state index contributed by atoms with van der Waals surface area (Å²) in [5, 5.41) is 4.22. The van der Waals surface area contributed by atoms with Gasteiger partial charge >= 0.3 is 0 Å². The number of hydrogen-bond donors (Lipinski definition) is 1. The highest BCUT2D eigenvalue weighted by atomic mass is 79.9. The van der Waals surface area contributed by atoms with Gasteiger partial charge in [0, 0.05) is 12.6 Å². The molecule has 0 radical (unpaired) electrons. The third-order valence-electron chi connectivity index (χ3n) is 3.64. The minimum absolute atomic E-state index is 0.0731. The number of halogens is 1. The van der Waals surface area contributed by atoms with Crippen LogP contribution in [0, 0.1) is 0 Å². The van der Waals surface area contributed by atoms with Crippen LogP contribution in [0.3, 0.4) is 0 Å². The van der Waals surface area contributed by atoms with E-state index in [1.54, 1.807) is 6.20 Å². The minimum Gasteiger partial charge on any atom is -0.321 e. The van der Waals surface area contributed by atoms with E-state index in [4.69, 9.17) is 5.73 Å². The van der Waals surface area contributed by atoms with E-state index in [9.17, 15) is 0 Å². The topological polar surface area (TPSA) is 47.1 Å². The van der Waals surface area contributed by atoms with Crippen molar-refractivity contribution in [2.24, 2.45) is 12.8 Å². The first-order valence-electron chi connectivity index (χ1n) is 5.45. The standard InChI is InChI=1S/C11H21BrN4/c1-6-11(2,15(3)4)10(13)9-8(12)7-14-16(9)5/h7,10H,6,13H2,1-5H3. The second-order valence-electron chi connectivity index (χ2n) is 4.58. The molecule has 92 valence electrons. The van der Waals surface area contributed by atoms with Gasteiger partial charge in [0.25, 0.3) is 0 Å². The number of nitrogens with two attached hydrogens (primary N) is 1. The zero-order valence-corrected chi connectivity index (χ0v) is 12.2. The third kappa shape index (κ3) is 2.17. The van der Waals surface area contributed by atoms with E-state index in [2.05, 4.69) is 53.9 Å². The lowest BCUT2D eigenvalue weighted by atomic mass is 9.86. The summed E-state index contributed by atoms with van der Waals surface area (Å²) < 4.78 is 2.82. The van der Waals surface area contributed by atoms with Crippen LogP contribution in [0.1, 0.15) is 32.0 Å². The van der Waals surface area contributed by atoms with Crippen LogP contribution in [0.2, 0.25) is 0 Å². The van der Waals surface area contributed by atoms with Crippen molar-refractivity contribution >= 4 is 15.9 Å². The zero-order chi connectivity index (χ0) is 12.5. The molecule has 5 heteroatoms. The van der Waals surface area contributed by atoms with Gasteiger partial charge in [0.05, 0.1) is 22.4 Å². The summed E-state index contributed by atoms with van der Waals surface area (Å²) in [6, 6.07) is -0.0747. The van der Waals surface area contributed by atoms with Crippen LogP contribution in [-0.4, -0.2) is 34.3 Å². The third-order valence-corrected chi connectivity index (χ3v) is 4.25. The molecule has 4 nitrogen and oxygen atoms in total. The Morgan fingerprint density at radius 3 is 2.50 bits per heavy atom. The molecule has 0 aliphatic rings. The number of aromatic nitrogens is 2. The molecule has 0 spiro atoms.